The van der Waals surface area contributed by atoms with Crippen molar-refractivity contribution in [2.24, 2.45) is 5.41 Å². The van der Waals surface area contributed by atoms with Gasteiger partial charge in [0.05, 0.1) is 5.56 Å². The molecule has 40 heavy (non-hydrogen) atoms. The molecule has 4 aromatic rings. The number of carboxylic acid groups (broad SMARTS) is 1. The number of carboxylic acids is 1. The Bertz CT molecular complexity index is 1480. The summed E-state index contributed by atoms with van der Waals surface area (Å²) in [6.45, 7) is 10.5. The summed E-state index contributed by atoms with van der Waals surface area (Å²) in [7, 11) is 3.11. The van der Waals surface area contributed by atoms with Crippen LogP contribution in [0.1, 0.15) is 56.4 Å². The van der Waals surface area contributed by atoms with E-state index in [4.69, 9.17) is 23.9 Å². The Hall–Kier alpha value is -4.02. The van der Waals surface area contributed by atoms with Crippen molar-refractivity contribution in [2.45, 2.75) is 60.2 Å². The van der Waals surface area contributed by atoms with Gasteiger partial charge in [-0.15, -0.1) is 10.2 Å². The van der Waals surface area contributed by atoms with Gasteiger partial charge in [-0.1, -0.05) is 63.2 Å². The molecule has 2 atom stereocenters. The Morgan fingerprint density at radius 3 is 2.12 bits per heavy atom. The second-order valence-electron chi connectivity index (χ2n) is 10.7. The van der Waals surface area contributed by atoms with Gasteiger partial charge < -0.3 is 28.6 Å². The van der Waals surface area contributed by atoms with E-state index in [0.29, 0.717) is 29.6 Å². The highest BCUT2D eigenvalue weighted by Crippen LogP contribution is 2.34. The van der Waals surface area contributed by atoms with E-state index < -0.39 is 18.5 Å². The molecule has 10 heteroatoms. The lowest BCUT2D eigenvalue weighted by Gasteiger charge is -2.20. The average molecular weight is 549 g/mol. The number of carbonyl (C=O) groups is 1. The van der Waals surface area contributed by atoms with Crippen LogP contribution in [0.4, 0.5) is 0 Å². The minimum atomic E-state index is -0.962. The van der Waals surface area contributed by atoms with Crippen LogP contribution in [-0.4, -0.2) is 57.6 Å². The SMILES string of the molecule is COC(C)Oc1nnc(OC(C)OC)c2c1nc(CC(C)(C)C)n2Cc1ccc(-c2ccccc2C(=O)O)cc1. The highest BCUT2D eigenvalue weighted by molar-refractivity contribution is 5.96. The van der Waals surface area contributed by atoms with E-state index in [9.17, 15) is 9.90 Å². The van der Waals surface area contributed by atoms with Crippen LogP contribution in [0.5, 0.6) is 11.8 Å². The van der Waals surface area contributed by atoms with E-state index in [1.165, 1.54) is 0 Å². The first-order valence-electron chi connectivity index (χ1n) is 13.1. The summed E-state index contributed by atoms with van der Waals surface area (Å²) in [4.78, 5) is 16.7. The summed E-state index contributed by atoms with van der Waals surface area (Å²) in [5.41, 5.74) is 3.82. The molecule has 0 bridgehead atoms. The van der Waals surface area contributed by atoms with Crippen molar-refractivity contribution >= 4 is 17.0 Å². The Balaban J connectivity index is 1.83. The van der Waals surface area contributed by atoms with Crippen LogP contribution < -0.4 is 9.47 Å². The van der Waals surface area contributed by atoms with Crippen LogP contribution in [-0.2, 0) is 22.4 Å². The van der Waals surface area contributed by atoms with E-state index in [2.05, 4.69) is 35.5 Å². The number of imidazole rings is 1. The number of nitrogens with zero attached hydrogens (tertiary/aromatic N) is 4. The molecule has 0 amide bonds. The Labute approximate surface area is 233 Å². The first-order valence-corrected chi connectivity index (χ1v) is 13.1. The number of ether oxygens (including phenoxy) is 4. The van der Waals surface area contributed by atoms with Gasteiger partial charge in [0, 0.05) is 27.2 Å². The van der Waals surface area contributed by atoms with E-state index in [-0.39, 0.29) is 22.7 Å². The van der Waals surface area contributed by atoms with Crippen LogP contribution in [0.3, 0.4) is 0 Å². The molecule has 2 aromatic heterocycles. The zero-order valence-corrected chi connectivity index (χ0v) is 24.0. The topological polar surface area (TPSA) is 118 Å². The first-order chi connectivity index (χ1) is 19.0. The minimum absolute atomic E-state index is 0.0634. The molecule has 2 aromatic carbocycles. The van der Waals surface area contributed by atoms with Gasteiger partial charge in [-0.05, 0) is 42.0 Å². The summed E-state index contributed by atoms with van der Waals surface area (Å²) >= 11 is 0. The Morgan fingerprint density at radius 2 is 1.52 bits per heavy atom. The molecule has 10 nitrogen and oxygen atoms in total. The third-order valence-electron chi connectivity index (χ3n) is 6.35. The molecule has 212 valence electrons. The van der Waals surface area contributed by atoms with Crippen LogP contribution in [0.2, 0.25) is 0 Å². The van der Waals surface area contributed by atoms with Gasteiger partial charge in [0.2, 0.25) is 0 Å². The normalized spacial score (nSPS) is 13.3. The van der Waals surface area contributed by atoms with Crippen molar-refractivity contribution in [3.8, 4) is 22.9 Å². The molecule has 0 spiro atoms. The number of hydrogen-bond donors (Lipinski definition) is 1. The Kier molecular flexibility index (Phi) is 8.70. The maximum Gasteiger partial charge on any atom is 0.336 e. The summed E-state index contributed by atoms with van der Waals surface area (Å²) in [6.07, 6.45) is -0.450. The molecular weight excluding hydrogens is 512 g/mol. The zero-order chi connectivity index (χ0) is 29.0. The van der Waals surface area contributed by atoms with Gasteiger partial charge in [-0.2, -0.15) is 0 Å². The van der Waals surface area contributed by atoms with E-state index in [1.54, 1.807) is 40.2 Å². The van der Waals surface area contributed by atoms with Gasteiger partial charge in [0.25, 0.3) is 11.8 Å². The fourth-order valence-corrected chi connectivity index (χ4v) is 4.29. The zero-order valence-electron chi connectivity index (χ0n) is 24.0. The lowest BCUT2D eigenvalue weighted by Crippen LogP contribution is -2.18. The molecule has 4 rings (SSSR count). The quantitative estimate of drug-likeness (QED) is 0.240. The monoisotopic (exact) mass is 548 g/mol. The predicted molar refractivity (Wildman–Crippen MR) is 151 cm³/mol. The largest absolute Gasteiger partial charge is 0.478 e. The first kappa shape index (κ1) is 29.0. The molecule has 0 aliphatic rings. The van der Waals surface area contributed by atoms with Crippen molar-refractivity contribution < 1.29 is 28.8 Å². The summed E-state index contributed by atoms with van der Waals surface area (Å²) < 4.78 is 24.6. The van der Waals surface area contributed by atoms with E-state index in [0.717, 1.165) is 17.0 Å². The molecule has 2 unspecified atom stereocenters. The number of aromatic carboxylic acids is 1. The Morgan fingerprint density at radius 1 is 0.925 bits per heavy atom. The minimum Gasteiger partial charge on any atom is -0.478 e. The molecular formula is C30H36N4O6. The summed E-state index contributed by atoms with van der Waals surface area (Å²) in [5.74, 6) is 0.385. The second kappa shape index (κ2) is 12.0. The van der Waals surface area contributed by atoms with Gasteiger partial charge >= 0.3 is 5.97 Å². The van der Waals surface area contributed by atoms with Crippen molar-refractivity contribution in [1.82, 2.24) is 19.7 Å². The van der Waals surface area contributed by atoms with Crippen LogP contribution >= 0.6 is 0 Å². The fourth-order valence-electron chi connectivity index (χ4n) is 4.29. The number of hydrogen-bond acceptors (Lipinski definition) is 8. The summed E-state index contributed by atoms with van der Waals surface area (Å²) in [6, 6.07) is 14.8. The smallest absolute Gasteiger partial charge is 0.336 e. The molecule has 0 saturated heterocycles. The van der Waals surface area contributed by atoms with Crippen molar-refractivity contribution in [2.75, 3.05) is 14.2 Å². The van der Waals surface area contributed by atoms with E-state index in [1.807, 2.05) is 36.4 Å². The lowest BCUT2D eigenvalue weighted by molar-refractivity contribution is -0.0445. The molecule has 0 saturated carbocycles. The fraction of sp³-hybridized carbons (Fsp3) is 0.400. The molecule has 2 heterocycles. The average Bonchev–Trinajstić information content (AvgIpc) is 3.26. The maximum absolute atomic E-state index is 11.7. The number of aromatic nitrogens is 4. The van der Waals surface area contributed by atoms with E-state index >= 15 is 0 Å². The maximum atomic E-state index is 11.7. The number of fused-ring (bicyclic) bond motifs is 1. The van der Waals surface area contributed by atoms with Gasteiger partial charge in [0.15, 0.2) is 18.1 Å². The van der Waals surface area contributed by atoms with Gasteiger partial charge in [-0.3, -0.25) is 0 Å². The van der Waals surface area contributed by atoms with Crippen molar-refractivity contribution in [1.29, 1.82) is 0 Å². The van der Waals surface area contributed by atoms with Crippen molar-refractivity contribution in [3.05, 3.63) is 65.5 Å². The van der Waals surface area contributed by atoms with Crippen LogP contribution in [0.15, 0.2) is 48.5 Å². The third kappa shape index (κ3) is 6.57. The number of benzene rings is 2. The molecule has 0 radical (unpaired) electrons. The molecule has 0 fully saturated rings. The standard InChI is InChI=1S/C30H36N4O6/c1-18(37-6)39-27-25-26(28(33-32-27)40-19(2)38-7)34(24(31-25)16-30(3,4)5)17-20-12-14-21(15-13-20)22-10-8-9-11-23(22)29(35)36/h8-15,18-19H,16-17H2,1-7H3,(H,35,36). The molecule has 0 aliphatic heterocycles. The summed E-state index contributed by atoms with van der Waals surface area (Å²) in [5, 5.41) is 18.2. The molecule has 0 aliphatic carbocycles. The lowest BCUT2D eigenvalue weighted by atomic mass is 9.92. The van der Waals surface area contributed by atoms with Crippen molar-refractivity contribution in [3.63, 3.8) is 0 Å². The number of rotatable bonds is 11. The number of methoxy groups -OCH3 is 2. The van der Waals surface area contributed by atoms with Gasteiger partial charge in [-0.25, -0.2) is 9.78 Å². The van der Waals surface area contributed by atoms with Gasteiger partial charge in [0.1, 0.15) is 11.3 Å². The highest BCUT2D eigenvalue weighted by atomic mass is 16.7. The third-order valence-corrected chi connectivity index (χ3v) is 6.35. The molecule has 1 N–H and O–H groups in total. The highest BCUT2D eigenvalue weighted by Gasteiger charge is 2.26. The van der Waals surface area contributed by atoms with Crippen LogP contribution in [0, 0.1) is 5.41 Å². The van der Waals surface area contributed by atoms with Crippen LogP contribution in [0.25, 0.3) is 22.2 Å². The predicted octanol–water partition coefficient (Wildman–Crippen LogP) is 5.57. The second-order valence-corrected chi connectivity index (χ2v) is 10.7.